The van der Waals surface area contributed by atoms with Crippen molar-refractivity contribution in [2.24, 2.45) is 5.41 Å². The van der Waals surface area contributed by atoms with Gasteiger partial charge in [-0.05, 0) is 49.9 Å². The first-order valence-corrected chi connectivity index (χ1v) is 7.48. The van der Waals surface area contributed by atoms with Crippen LogP contribution in [0, 0.1) is 5.41 Å². The second-order valence-corrected chi connectivity index (χ2v) is 6.35. The molecular weight excluding hydrogens is 274 g/mol. The Labute approximate surface area is 126 Å². The fraction of sp³-hybridized carbons (Fsp3) is 0.562. The summed E-state index contributed by atoms with van der Waals surface area (Å²) in [7, 11) is 0. The smallest absolute Gasteiger partial charge is 0.251 e. The maximum atomic E-state index is 12.0. The van der Waals surface area contributed by atoms with Crippen LogP contribution in [0.5, 0.6) is 5.75 Å². The van der Waals surface area contributed by atoms with E-state index < -0.39 is 0 Å². The van der Waals surface area contributed by atoms with Crippen LogP contribution in [-0.2, 0) is 0 Å². The summed E-state index contributed by atoms with van der Waals surface area (Å²) in [5, 5.41) is 2.95. The van der Waals surface area contributed by atoms with E-state index in [4.69, 9.17) is 16.3 Å². The van der Waals surface area contributed by atoms with Gasteiger partial charge in [-0.15, -0.1) is 11.6 Å². The Balaban J connectivity index is 2.55. The number of amides is 1. The third-order valence-electron chi connectivity index (χ3n) is 2.99. The minimum Gasteiger partial charge on any atom is -0.491 e. The van der Waals surface area contributed by atoms with Crippen molar-refractivity contribution in [2.45, 2.75) is 40.2 Å². The normalized spacial score (nSPS) is 11.5. The van der Waals surface area contributed by atoms with Gasteiger partial charge in [0.15, 0.2) is 0 Å². The number of alkyl halides is 1. The molecule has 0 saturated heterocycles. The van der Waals surface area contributed by atoms with Crippen molar-refractivity contribution in [1.82, 2.24) is 5.32 Å². The maximum absolute atomic E-state index is 12.0. The monoisotopic (exact) mass is 297 g/mol. The lowest BCUT2D eigenvalue weighted by Crippen LogP contribution is -2.34. The average Bonchev–Trinajstić information content (AvgIpc) is 2.36. The molecule has 0 aliphatic rings. The highest BCUT2D eigenvalue weighted by atomic mass is 35.5. The van der Waals surface area contributed by atoms with Crippen molar-refractivity contribution in [2.75, 3.05) is 12.4 Å². The quantitative estimate of drug-likeness (QED) is 0.776. The molecule has 1 N–H and O–H groups in total. The van der Waals surface area contributed by atoms with Crippen molar-refractivity contribution in [1.29, 1.82) is 0 Å². The zero-order chi connectivity index (χ0) is 15.2. The number of rotatable bonds is 7. The molecule has 0 unspecified atom stereocenters. The predicted octanol–water partition coefficient (Wildman–Crippen LogP) is 3.86. The van der Waals surface area contributed by atoms with Crippen LogP contribution in [-0.4, -0.2) is 24.4 Å². The zero-order valence-corrected chi connectivity index (χ0v) is 13.5. The van der Waals surface area contributed by atoms with Crippen LogP contribution in [0.1, 0.15) is 44.5 Å². The Hall–Kier alpha value is -1.22. The molecule has 3 nitrogen and oxygen atoms in total. The highest BCUT2D eigenvalue weighted by Crippen LogP contribution is 2.20. The summed E-state index contributed by atoms with van der Waals surface area (Å²) in [4.78, 5) is 12.0. The summed E-state index contributed by atoms with van der Waals surface area (Å²) in [6, 6.07) is 7.20. The molecule has 0 fully saturated rings. The van der Waals surface area contributed by atoms with Crippen LogP contribution in [0.2, 0.25) is 0 Å². The molecular formula is C16H24ClNO2. The van der Waals surface area contributed by atoms with Gasteiger partial charge in [0.05, 0.1) is 6.10 Å². The minimum absolute atomic E-state index is 0.0120. The molecule has 1 aromatic carbocycles. The number of carbonyl (C=O) groups is 1. The van der Waals surface area contributed by atoms with Crippen LogP contribution in [0.3, 0.4) is 0 Å². The largest absolute Gasteiger partial charge is 0.491 e. The Kier molecular flexibility index (Phi) is 6.34. The number of nitrogens with one attached hydrogen (secondary N) is 1. The number of ether oxygens (including phenoxy) is 1. The number of benzene rings is 1. The van der Waals surface area contributed by atoms with Crippen LogP contribution in [0.25, 0.3) is 0 Å². The predicted molar refractivity (Wildman–Crippen MR) is 83.7 cm³/mol. The lowest BCUT2D eigenvalue weighted by atomic mass is 9.90. The van der Waals surface area contributed by atoms with Gasteiger partial charge in [0.25, 0.3) is 5.91 Å². The highest BCUT2D eigenvalue weighted by molar-refractivity contribution is 6.17. The van der Waals surface area contributed by atoms with Crippen molar-refractivity contribution >= 4 is 17.5 Å². The molecule has 0 bridgehead atoms. The molecule has 112 valence electrons. The summed E-state index contributed by atoms with van der Waals surface area (Å²) < 4.78 is 5.55. The van der Waals surface area contributed by atoms with Gasteiger partial charge in [0, 0.05) is 18.0 Å². The van der Waals surface area contributed by atoms with E-state index in [-0.39, 0.29) is 17.4 Å². The number of halogens is 1. The topological polar surface area (TPSA) is 38.3 Å². The Morgan fingerprint density at radius 2 is 1.90 bits per heavy atom. The van der Waals surface area contributed by atoms with Crippen LogP contribution in [0.15, 0.2) is 24.3 Å². The molecule has 20 heavy (non-hydrogen) atoms. The third-order valence-corrected chi connectivity index (χ3v) is 3.18. The molecule has 1 aromatic rings. The summed E-state index contributed by atoms with van der Waals surface area (Å²) in [5.74, 6) is 1.31. The van der Waals surface area contributed by atoms with Crippen molar-refractivity contribution in [3.8, 4) is 5.75 Å². The van der Waals surface area contributed by atoms with Crippen LogP contribution >= 0.6 is 11.6 Å². The molecule has 4 heteroatoms. The van der Waals surface area contributed by atoms with Gasteiger partial charge in [-0.1, -0.05) is 13.8 Å². The standard InChI is InChI=1S/C16H24ClNO2/c1-12(2)20-14-7-5-13(6-8-14)15(19)18-11-16(3,4)9-10-17/h5-8,12H,9-11H2,1-4H3,(H,18,19). The number of hydrogen-bond acceptors (Lipinski definition) is 2. The Morgan fingerprint density at radius 3 is 2.40 bits per heavy atom. The van der Waals surface area contributed by atoms with Gasteiger partial charge in [0.1, 0.15) is 5.75 Å². The number of carbonyl (C=O) groups excluding carboxylic acids is 1. The van der Waals surface area contributed by atoms with E-state index >= 15 is 0 Å². The lowest BCUT2D eigenvalue weighted by Gasteiger charge is -2.23. The summed E-state index contributed by atoms with van der Waals surface area (Å²) in [5.41, 5.74) is 0.653. The van der Waals surface area contributed by atoms with Crippen molar-refractivity contribution < 1.29 is 9.53 Å². The van der Waals surface area contributed by atoms with E-state index in [0.717, 1.165) is 12.2 Å². The highest BCUT2D eigenvalue weighted by Gasteiger charge is 2.18. The molecule has 0 spiro atoms. The Bertz CT molecular complexity index is 427. The molecule has 0 radical (unpaired) electrons. The molecule has 0 aliphatic heterocycles. The molecule has 0 heterocycles. The molecule has 0 aromatic heterocycles. The zero-order valence-electron chi connectivity index (χ0n) is 12.7. The first-order chi connectivity index (χ1) is 9.34. The molecule has 1 rings (SSSR count). The lowest BCUT2D eigenvalue weighted by molar-refractivity contribution is 0.0936. The van der Waals surface area contributed by atoms with E-state index in [1.807, 2.05) is 26.0 Å². The Morgan fingerprint density at radius 1 is 1.30 bits per heavy atom. The van der Waals surface area contributed by atoms with Crippen LogP contribution < -0.4 is 10.1 Å². The van der Waals surface area contributed by atoms with E-state index in [9.17, 15) is 4.79 Å². The second kappa shape index (κ2) is 7.53. The average molecular weight is 298 g/mol. The summed E-state index contributed by atoms with van der Waals surface area (Å²) in [6.07, 6.45) is 1.00. The molecule has 1 amide bonds. The summed E-state index contributed by atoms with van der Waals surface area (Å²) in [6.45, 7) is 8.74. The SMILES string of the molecule is CC(C)Oc1ccc(C(=O)NCC(C)(C)CCCl)cc1. The van der Waals surface area contributed by atoms with E-state index in [1.165, 1.54) is 0 Å². The fourth-order valence-corrected chi connectivity index (χ4v) is 2.23. The molecule has 0 saturated carbocycles. The van der Waals surface area contributed by atoms with Gasteiger partial charge < -0.3 is 10.1 Å². The van der Waals surface area contributed by atoms with E-state index in [1.54, 1.807) is 12.1 Å². The third kappa shape index (κ3) is 5.83. The first-order valence-electron chi connectivity index (χ1n) is 6.95. The first kappa shape index (κ1) is 16.8. The van der Waals surface area contributed by atoms with Crippen LogP contribution in [0.4, 0.5) is 0 Å². The van der Waals surface area contributed by atoms with Gasteiger partial charge in [-0.25, -0.2) is 0 Å². The molecule has 0 aliphatic carbocycles. The number of hydrogen-bond donors (Lipinski definition) is 1. The van der Waals surface area contributed by atoms with Crippen molar-refractivity contribution in [3.63, 3.8) is 0 Å². The van der Waals surface area contributed by atoms with E-state index in [2.05, 4.69) is 19.2 Å². The molecule has 0 atom stereocenters. The van der Waals surface area contributed by atoms with Gasteiger partial charge >= 0.3 is 0 Å². The van der Waals surface area contributed by atoms with Gasteiger partial charge in [0.2, 0.25) is 0 Å². The summed E-state index contributed by atoms with van der Waals surface area (Å²) >= 11 is 5.75. The van der Waals surface area contributed by atoms with E-state index in [0.29, 0.717) is 18.0 Å². The second-order valence-electron chi connectivity index (χ2n) is 5.98. The minimum atomic E-state index is -0.0660. The maximum Gasteiger partial charge on any atom is 0.251 e. The fourth-order valence-electron chi connectivity index (χ4n) is 1.72. The van der Waals surface area contributed by atoms with Gasteiger partial charge in [-0.2, -0.15) is 0 Å². The van der Waals surface area contributed by atoms with Gasteiger partial charge in [-0.3, -0.25) is 4.79 Å². The van der Waals surface area contributed by atoms with Crippen molar-refractivity contribution in [3.05, 3.63) is 29.8 Å².